The van der Waals surface area contributed by atoms with Gasteiger partial charge in [0.05, 0.1) is 28.5 Å². The maximum atomic E-state index is 14.7. The highest BCUT2D eigenvalue weighted by Crippen LogP contribution is 2.39. The van der Waals surface area contributed by atoms with E-state index in [9.17, 15) is 14.0 Å². The molecule has 0 aliphatic carbocycles. The van der Waals surface area contributed by atoms with Crippen LogP contribution in [0.15, 0.2) is 12.1 Å². The molecule has 1 aromatic carbocycles. The molecule has 11 heteroatoms. The highest BCUT2D eigenvalue weighted by atomic mass is 19.1. The van der Waals surface area contributed by atoms with Gasteiger partial charge in [-0.05, 0) is 38.8 Å². The number of benzene rings is 1. The largest absolute Gasteiger partial charge is 0.385 e. The van der Waals surface area contributed by atoms with Gasteiger partial charge in [-0.3, -0.25) is 19.6 Å². The Morgan fingerprint density at radius 3 is 2.74 bits per heavy atom. The Hall–Kier alpha value is -3.47. The average Bonchev–Trinajstić information content (AvgIpc) is 3.32. The molecule has 3 aromatic rings. The number of primary amides is 1. The Balaban J connectivity index is 1.82. The molecule has 10 nitrogen and oxygen atoms in total. The van der Waals surface area contributed by atoms with Gasteiger partial charge >= 0.3 is 0 Å². The van der Waals surface area contributed by atoms with Crippen LogP contribution >= 0.6 is 0 Å². The number of nitrogens with two attached hydrogens (primary N) is 1. The van der Waals surface area contributed by atoms with Crippen molar-refractivity contribution in [3.8, 4) is 0 Å². The first-order chi connectivity index (χ1) is 16.3. The van der Waals surface area contributed by atoms with Crippen LogP contribution in [0.5, 0.6) is 0 Å². The normalized spacial score (nSPS) is 15.2. The van der Waals surface area contributed by atoms with E-state index in [0.717, 1.165) is 30.6 Å². The van der Waals surface area contributed by atoms with E-state index in [4.69, 9.17) is 10.5 Å². The van der Waals surface area contributed by atoms with Gasteiger partial charge in [0.15, 0.2) is 11.5 Å². The van der Waals surface area contributed by atoms with E-state index in [1.54, 1.807) is 26.2 Å². The maximum Gasteiger partial charge on any atom is 0.279 e. The van der Waals surface area contributed by atoms with Crippen LogP contribution in [0.2, 0.25) is 0 Å². The summed E-state index contributed by atoms with van der Waals surface area (Å²) in [5.74, 6) is -1.54. The number of aryl methyl sites for hydroxylation is 2. The number of ether oxygens (including phenoxy) is 1. The number of hydrogen-bond acceptors (Lipinski definition) is 6. The van der Waals surface area contributed by atoms with Crippen LogP contribution in [0.3, 0.4) is 0 Å². The summed E-state index contributed by atoms with van der Waals surface area (Å²) < 4.78 is 23.2. The second-order valence-electron chi connectivity index (χ2n) is 8.41. The Morgan fingerprint density at radius 2 is 2.09 bits per heavy atom. The number of hydrogen-bond donors (Lipinski definition) is 2. The van der Waals surface area contributed by atoms with Crippen molar-refractivity contribution in [1.29, 1.82) is 0 Å². The van der Waals surface area contributed by atoms with Crippen molar-refractivity contribution in [2.45, 2.75) is 46.2 Å². The number of anilines is 2. The lowest BCUT2D eigenvalue weighted by Gasteiger charge is -2.36. The van der Waals surface area contributed by atoms with E-state index < -0.39 is 17.6 Å². The zero-order valence-electron chi connectivity index (χ0n) is 19.9. The number of nitrogens with one attached hydrogen (secondary N) is 1. The van der Waals surface area contributed by atoms with Crippen molar-refractivity contribution in [3.05, 3.63) is 34.9 Å². The summed E-state index contributed by atoms with van der Waals surface area (Å²) in [7, 11) is 1.66. The Bertz CT molecular complexity index is 1250. The fraction of sp³-hybridized carbons (Fsp3) is 0.478. The highest BCUT2D eigenvalue weighted by Gasteiger charge is 2.31. The number of amides is 2. The van der Waals surface area contributed by atoms with Gasteiger partial charge in [0.1, 0.15) is 0 Å². The molecule has 0 fully saturated rings. The number of aromatic nitrogens is 4. The molecule has 1 aliphatic heterocycles. The highest BCUT2D eigenvalue weighted by molar-refractivity contribution is 6.05. The van der Waals surface area contributed by atoms with Gasteiger partial charge < -0.3 is 19.9 Å². The molecule has 0 unspecified atom stereocenters. The van der Waals surface area contributed by atoms with E-state index in [0.29, 0.717) is 36.7 Å². The van der Waals surface area contributed by atoms with Gasteiger partial charge in [0, 0.05) is 38.9 Å². The molecule has 0 radical (unpaired) electrons. The minimum absolute atomic E-state index is 0.0115. The molecule has 1 atom stereocenters. The van der Waals surface area contributed by atoms with Crippen molar-refractivity contribution >= 4 is 34.5 Å². The van der Waals surface area contributed by atoms with Crippen LogP contribution in [-0.4, -0.2) is 58.0 Å². The van der Waals surface area contributed by atoms with E-state index in [-0.39, 0.29) is 17.4 Å². The summed E-state index contributed by atoms with van der Waals surface area (Å²) in [6, 6.07) is 3.40. The number of rotatable bonds is 9. The summed E-state index contributed by atoms with van der Waals surface area (Å²) >= 11 is 0. The van der Waals surface area contributed by atoms with E-state index >= 15 is 0 Å². The molecular formula is C23H30FN7O3. The second-order valence-corrected chi connectivity index (χ2v) is 8.41. The molecule has 182 valence electrons. The third-order valence-electron chi connectivity index (χ3n) is 6.23. The minimum Gasteiger partial charge on any atom is -0.385 e. The predicted molar refractivity (Wildman–Crippen MR) is 127 cm³/mol. The van der Waals surface area contributed by atoms with Crippen molar-refractivity contribution in [2.75, 3.05) is 37.0 Å². The second kappa shape index (κ2) is 9.41. The zero-order valence-corrected chi connectivity index (χ0v) is 19.9. The van der Waals surface area contributed by atoms with Crippen LogP contribution in [0.1, 0.15) is 59.3 Å². The fourth-order valence-electron chi connectivity index (χ4n) is 4.56. The number of carbonyl (C=O) groups excluding carboxylic acids is 2. The molecule has 0 saturated carbocycles. The first kappa shape index (κ1) is 23.7. The molecule has 2 aromatic heterocycles. The molecule has 0 spiro atoms. The molecule has 3 N–H and O–H groups in total. The van der Waals surface area contributed by atoms with Crippen molar-refractivity contribution in [1.82, 2.24) is 19.3 Å². The van der Waals surface area contributed by atoms with Gasteiger partial charge in [-0.1, -0.05) is 6.92 Å². The SMILES string of the molecule is CC[C@H]1CN(CCCOC)c2cc(C(N)=O)cc3nc(NC(=O)c4c(F)c(C)nn4CC)n1c23. The monoisotopic (exact) mass is 471 g/mol. The number of imidazole rings is 1. The van der Waals surface area contributed by atoms with Crippen molar-refractivity contribution < 1.29 is 18.7 Å². The average molecular weight is 472 g/mol. The molecule has 0 bridgehead atoms. The lowest BCUT2D eigenvalue weighted by molar-refractivity contribution is 0.0994. The van der Waals surface area contributed by atoms with Crippen LogP contribution in [0, 0.1) is 12.7 Å². The predicted octanol–water partition coefficient (Wildman–Crippen LogP) is 2.86. The molecule has 0 saturated heterocycles. The van der Waals surface area contributed by atoms with Crippen LogP contribution in [0.25, 0.3) is 11.0 Å². The first-order valence-electron chi connectivity index (χ1n) is 11.4. The van der Waals surface area contributed by atoms with E-state index in [1.807, 2.05) is 4.57 Å². The van der Waals surface area contributed by atoms with Crippen molar-refractivity contribution in [3.63, 3.8) is 0 Å². The molecular weight excluding hydrogens is 441 g/mol. The van der Waals surface area contributed by atoms with Gasteiger partial charge in [-0.15, -0.1) is 0 Å². The van der Waals surface area contributed by atoms with Gasteiger partial charge in [-0.25, -0.2) is 9.37 Å². The van der Waals surface area contributed by atoms with Gasteiger partial charge in [-0.2, -0.15) is 5.10 Å². The number of methoxy groups -OCH3 is 1. The third-order valence-corrected chi connectivity index (χ3v) is 6.23. The number of halogens is 1. The van der Waals surface area contributed by atoms with Gasteiger partial charge in [0.2, 0.25) is 11.9 Å². The van der Waals surface area contributed by atoms with E-state index in [2.05, 4.69) is 27.2 Å². The molecule has 3 heterocycles. The molecule has 34 heavy (non-hydrogen) atoms. The Morgan fingerprint density at radius 1 is 1.32 bits per heavy atom. The summed E-state index contributed by atoms with van der Waals surface area (Å²) in [4.78, 5) is 32.0. The summed E-state index contributed by atoms with van der Waals surface area (Å²) in [6.07, 6.45) is 1.60. The fourth-order valence-corrected chi connectivity index (χ4v) is 4.56. The Labute approximate surface area is 196 Å². The third kappa shape index (κ3) is 4.00. The van der Waals surface area contributed by atoms with Crippen LogP contribution in [-0.2, 0) is 11.3 Å². The summed E-state index contributed by atoms with van der Waals surface area (Å²) in [5, 5.41) is 6.89. The van der Waals surface area contributed by atoms with Crippen LogP contribution in [0.4, 0.5) is 16.0 Å². The smallest absolute Gasteiger partial charge is 0.279 e. The topological polar surface area (TPSA) is 120 Å². The lowest BCUT2D eigenvalue weighted by Crippen LogP contribution is -2.37. The lowest BCUT2D eigenvalue weighted by atomic mass is 10.1. The molecule has 1 aliphatic rings. The number of nitrogens with zero attached hydrogens (tertiary/aromatic N) is 5. The summed E-state index contributed by atoms with van der Waals surface area (Å²) in [6.45, 7) is 7.73. The number of carbonyl (C=O) groups is 2. The summed E-state index contributed by atoms with van der Waals surface area (Å²) in [5.41, 5.74) is 8.11. The Kier molecular flexibility index (Phi) is 6.56. The van der Waals surface area contributed by atoms with Crippen molar-refractivity contribution in [2.24, 2.45) is 5.73 Å². The standard InChI is InChI=1S/C23H30FN7O3/c1-5-15-12-29(8-7-9-34-4)17-11-14(21(25)32)10-16-19(17)31(15)23(26-16)27-22(33)20-18(24)13(3)28-30(20)6-2/h10-11,15H,5-9,12H2,1-4H3,(H2,25,32)(H,26,27,33)/t15-/m0/s1. The van der Waals surface area contributed by atoms with Gasteiger partial charge in [0.25, 0.3) is 5.91 Å². The van der Waals surface area contributed by atoms with E-state index in [1.165, 1.54) is 11.6 Å². The first-order valence-corrected chi connectivity index (χ1v) is 11.4. The zero-order chi connectivity index (χ0) is 24.6. The minimum atomic E-state index is -0.651. The van der Waals surface area contributed by atoms with Crippen LogP contribution < -0.4 is 16.0 Å². The molecule has 2 amide bonds. The maximum absolute atomic E-state index is 14.7. The molecule has 4 rings (SSSR count). The quantitative estimate of drug-likeness (QED) is 0.463.